The second-order valence-corrected chi connectivity index (χ2v) is 6.86. The molecule has 3 nitrogen and oxygen atoms in total. The first-order valence-corrected chi connectivity index (χ1v) is 8.80. The number of benzene rings is 3. The molecule has 0 spiro atoms. The Labute approximate surface area is 153 Å². The van der Waals surface area contributed by atoms with Crippen LogP contribution in [0.4, 0.5) is 0 Å². The molecule has 0 radical (unpaired) electrons. The van der Waals surface area contributed by atoms with Crippen LogP contribution in [0.15, 0.2) is 84.9 Å². The molecule has 130 valence electrons. The van der Waals surface area contributed by atoms with Crippen molar-refractivity contribution in [2.45, 2.75) is 25.1 Å². The zero-order valence-electron chi connectivity index (χ0n) is 14.7. The van der Waals surface area contributed by atoms with Crippen molar-refractivity contribution in [1.29, 1.82) is 0 Å². The zero-order chi connectivity index (χ0) is 18.1. The molecule has 1 aliphatic rings. The van der Waals surface area contributed by atoms with Gasteiger partial charge in [-0.05, 0) is 23.6 Å². The minimum Gasteiger partial charge on any atom is -0.373 e. The van der Waals surface area contributed by atoms with Gasteiger partial charge in [-0.3, -0.25) is 4.79 Å². The van der Waals surface area contributed by atoms with Crippen molar-refractivity contribution in [1.82, 2.24) is 4.90 Å². The highest BCUT2D eigenvalue weighted by Gasteiger charge is 2.61. The Hall–Kier alpha value is -2.91. The Morgan fingerprint density at radius 2 is 1.46 bits per heavy atom. The lowest BCUT2D eigenvalue weighted by Crippen LogP contribution is -2.65. The van der Waals surface area contributed by atoms with Gasteiger partial charge in [0, 0.05) is 6.54 Å². The number of rotatable bonds is 4. The Kier molecular flexibility index (Phi) is 4.09. The number of carbonyl (C=O) groups is 1. The minimum atomic E-state index is -1.52. The van der Waals surface area contributed by atoms with Crippen molar-refractivity contribution >= 4 is 5.91 Å². The van der Waals surface area contributed by atoms with E-state index in [1.54, 1.807) is 4.90 Å². The van der Waals surface area contributed by atoms with Crippen LogP contribution in [0, 0.1) is 6.92 Å². The summed E-state index contributed by atoms with van der Waals surface area (Å²) >= 11 is 0. The summed E-state index contributed by atoms with van der Waals surface area (Å²) in [6.45, 7) is 2.51. The highest BCUT2D eigenvalue weighted by Crippen LogP contribution is 2.50. The number of carbonyl (C=O) groups excluding carboxylic acids is 1. The Bertz CT molecular complexity index is 906. The highest BCUT2D eigenvalue weighted by atomic mass is 16.3. The smallest absolute Gasteiger partial charge is 0.262 e. The molecular formula is C23H21NO2. The molecule has 26 heavy (non-hydrogen) atoms. The molecule has 0 bridgehead atoms. The fraction of sp³-hybridized carbons (Fsp3) is 0.174. The van der Waals surface area contributed by atoms with Crippen LogP contribution in [0.25, 0.3) is 0 Å². The molecule has 1 heterocycles. The van der Waals surface area contributed by atoms with E-state index in [4.69, 9.17) is 0 Å². The van der Waals surface area contributed by atoms with Gasteiger partial charge < -0.3 is 10.0 Å². The van der Waals surface area contributed by atoms with E-state index in [9.17, 15) is 9.90 Å². The maximum Gasteiger partial charge on any atom is 0.262 e. The van der Waals surface area contributed by atoms with Crippen molar-refractivity contribution < 1.29 is 9.90 Å². The summed E-state index contributed by atoms with van der Waals surface area (Å²) in [5.41, 5.74) is 2.26. The van der Waals surface area contributed by atoms with Crippen molar-refractivity contribution in [3.8, 4) is 0 Å². The third-order valence-electron chi connectivity index (χ3n) is 5.10. The Balaban J connectivity index is 1.75. The van der Waals surface area contributed by atoms with Gasteiger partial charge in [-0.2, -0.15) is 0 Å². The molecule has 1 saturated heterocycles. The van der Waals surface area contributed by atoms with E-state index in [0.29, 0.717) is 12.1 Å². The van der Waals surface area contributed by atoms with E-state index >= 15 is 0 Å². The lowest BCUT2D eigenvalue weighted by molar-refractivity contribution is -0.198. The first-order valence-electron chi connectivity index (χ1n) is 8.80. The maximum absolute atomic E-state index is 13.0. The van der Waals surface area contributed by atoms with Crippen molar-refractivity contribution in [3.05, 3.63) is 107 Å². The maximum atomic E-state index is 13.0. The third kappa shape index (κ3) is 2.61. The summed E-state index contributed by atoms with van der Waals surface area (Å²) in [4.78, 5) is 14.8. The Morgan fingerprint density at radius 1 is 0.885 bits per heavy atom. The predicted octanol–water partition coefficient (Wildman–Crippen LogP) is 3.97. The highest BCUT2D eigenvalue weighted by molar-refractivity contribution is 5.94. The molecule has 0 aliphatic carbocycles. The average Bonchev–Trinajstić information content (AvgIpc) is 2.70. The minimum absolute atomic E-state index is 0.252. The lowest BCUT2D eigenvalue weighted by Gasteiger charge is -2.53. The summed E-state index contributed by atoms with van der Waals surface area (Å²) < 4.78 is 0. The van der Waals surface area contributed by atoms with Gasteiger partial charge in [-0.25, -0.2) is 0 Å². The van der Waals surface area contributed by atoms with E-state index in [2.05, 4.69) is 0 Å². The first-order chi connectivity index (χ1) is 12.6. The second kappa shape index (κ2) is 6.43. The fourth-order valence-corrected chi connectivity index (χ4v) is 3.70. The van der Waals surface area contributed by atoms with Crippen LogP contribution in [0.2, 0.25) is 0 Å². The number of nitrogens with zero attached hydrogens (tertiary/aromatic N) is 1. The number of likely N-dealkylation sites (tertiary alicyclic amines) is 1. The van der Waals surface area contributed by atoms with Gasteiger partial charge in [0.15, 0.2) is 5.60 Å². The molecule has 4 rings (SSSR count). The normalized spacial score (nSPS) is 22.2. The molecule has 3 heteroatoms. The number of hydrogen-bond acceptors (Lipinski definition) is 2. The standard InChI is InChI=1S/C23H21NO2/c1-17-12-14-19(15-13-17)21-23(26,20-10-6-3-7-11-20)22(25)24(21)16-18-8-4-2-5-9-18/h2-15,21,26H,16H2,1H3/t21-,23-/m1/s1. The van der Waals surface area contributed by atoms with Gasteiger partial charge in [0.25, 0.3) is 5.91 Å². The van der Waals surface area contributed by atoms with E-state index in [1.807, 2.05) is 91.9 Å². The van der Waals surface area contributed by atoms with E-state index in [1.165, 1.54) is 0 Å². The van der Waals surface area contributed by atoms with Gasteiger partial charge in [-0.1, -0.05) is 90.5 Å². The summed E-state index contributed by atoms with van der Waals surface area (Å²) in [7, 11) is 0. The summed E-state index contributed by atoms with van der Waals surface area (Å²) in [5.74, 6) is -0.252. The number of β-lactam (4-membered cyclic amide) rings is 1. The third-order valence-corrected chi connectivity index (χ3v) is 5.10. The molecule has 1 aliphatic heterocycles. The molecule has 1 fully saturated rings. The van der Waals surface area contributed by atoms with E-state index in [0.717, 1.165) is 16.7 Å². The van der Waals surface area contributed by atoms with Gasteiger partial charge in [0.2, 0.25) is 0 Å². The summed E-state index contributed by atoms with van der Waals surface area (Å²) in [6, 6.07) is 26.7. The monoisotopic (exact) mass is 343 g/mol. The molecule has 0 unspecified atom stereocenters. The van der Waals surface area contributed by atoms with Gasteiger partial charge >= 0.3 is 0 Å². The number of hydrogen-bond donors (Lipinski definition) is 1. The molecule has 1 amide bonds. The van der Waals surface area contributed by atoms with Gasteiger partial charge in [0.1, 0.15) is 0 Å². The van der Waals surface area contributed by atoms with Gasteiger partial charge in [-0.15, -0.1) is 0 Å². The molecule has 3 aromatic rings. The van der Waals surface area contributed by atoms with Crippen LogP contribution in [-0.2, 0) is 16.9 Å². The molecule has 3 aromatic carbocycles. The Morgan fingerprint density at radius 3 is 2.08 bits per heavy atom. The van der Waals surface area contributed by atoms with Crippen LogP contribution in [0.1, 0.15) is 28.3 Å². The quantitative estimate of drug-likeness (QED) is 0.728. The molecular weight excluding hydrogens is 322 g/mol. The van der Waals surface area contributed by atoms with Crippen LogP contribution >= 0.6 is 0 Å². The van der Waals surface area contributed by atoms with E-state index < -0.39 is 11.6 Å². The predicted molar refractivity (Wildman–Crippen MR) is 101 cm³/mol. The van der Waals surface area contributed by atoms with Crippen LogP contribution in [0.3, 0.4) is 0 Å². The summed E-state index contributed by atoms with van der Waals surface area (Å²) in [5, 5.41) is 11.4. The summed E-state index contributed by atoms with van der Waals surface area (Å²) in [6.07, 6.45) is 0. The number of aryl methyl sites for hydroxylation is 1. The first kappa shape index (κ1) is 16.6. The largest absolute Gasteiger partial charge is 0.373 e. The SMILES string of the molecule is Cc1ccc([C@H]2N(Cc3ccccc3)C(=O)[C@@]2(O)c2ccccc2)cc1. The average molecular weight is 343 g/mol. The molecule has 0 aromatic heterocycles. The number of amides is 1. The van der Waals surface area contributed by atoms with Crippen molar-refractivity contribution in [2.75, 3.05) is 0 Å². The van der Waals surface area contributed by atoms with Crippen LogP contribution in [0.5, 0.6) is 0 Å². The number of aliphatic hydroxyl groups is 1. The molecule has 0 saturated carbocycles. The van der Waals surface area contributed by atoms with Crippen molar-refractivity contribution in [3.63, 3.8) is 0 Å². The van der Waals surface area contributed by atoms with Crippen LogP contribution < -0.4 is 0 Å². The molecule has 1 N–H and O–H groups in total. The van der Waals surface area contributed by atoms with E-state index in [-0.39, 0.29) is 5.91 Å². The second-order valence-electron chi connectivity index (χ2n) is 6.86. The zero-order valence-corrected chi connectivity index (χ0v) is 14.7. The topological polar surface area (TPSA) is 40.5 Å². The fourth-order valence-electron chi connectivity index (χ4n) is 3.70. The van der Waals surface area contributed by atoms with Gasteiger partial charge in [0.05, 0.1) is 6.04 Å². The van der Waals surface area contributed by atoms with Crippen molar-refractivity contribution in [2.24, 2.45) is 0 Å². The molecule has 2 atom stereocenters. The van der Waals surface area contributed by atoms with Crippen LogP contribution in [-0.4, -0.2) is 15.9 Å². The lowest BCUT2D eigenvalue weighted by atomic mass is 9.73.